The van der Waals surface area contributed by atoms with Gasteiger partial charge in [-0.15, -0.1) is 0 Å². The topological polar surface area (TPSA) is 119 Å². The molecule has 0 saturated carbocycles. The first-order valence-electron chi connectivity index (χ1n) is 10.2. The second kappa shape index (κ2) is 11.7. The number of benzene rings is 2. The molecule has 1 radical (unpaired) electrons. The van der Waals surface area contributed by atoms with Crippen LogP contribution in [0, 0.1) is 0 Å². The fraction of sp³-hybridized carbons (Fsp3) is 0.286. The fourth-order valence-electron chi connectivity index (χ4n) is 3.69. The number of anilines is 1. The Morgan fingerprint density at radius 1 is 1.00 bits per heavy atom. The smallest absolute Gasteiger partial charge is 0 e. The summed E-state index contributed by atoms with van der Waals surface area (Å²) in [4.78, 5) is 2.12. The van der Waals surface area contributed by atoms with Crippen LogP contribution in [0.3, 0.4) is 0 Å². The van der Waals surface area contributed by atoms with Gasteiger partial charge in [-0.2, -0.15) is 0 Å². The molecular weight excluding hydrogens is 621 g/mol. The molecule has 0 amide bonds. The van der Waals surface area contributed by atoms with Crippen molar-refractivity contribution in [2.24, 2.45) is 0 Å². The van der Waals surface area contributed by atoms with Crippen LogP contribution in [-0.4, -0.2) is 103 Å². The van der Waals surface area contributed by atoms with E-state index in [9.17, 15) is 21.4 Å². The molecule has 2 aromatic carbocycles. The van der Waals surface area contributed by atoms with E-state index in [4.69, 9.17) is 4.55 Å². The van der Waals surface area contributed by atoms with E-state index in [2.05, 4.69) is 27.7 Å². The van der Waals surface area contributed by atoms with Gasteiger partial charge in [-0.25, -0.2) is 0 Å². The Kier molecular flexibility index (Phi) is 9.67. The predicted octanol–water partition coefficient (Wildman–Crippen LogP) is 0.165. The molecule has 1 aliphatic heterocycles. The van der Waals surface area contributed by atoms with E-state index in [-0.39, 0.29) is 71.2 Å². The quantitative estimate of drug-likeness (QED) is 0.201. The van der Waals surface area contributed by atoms with E-state index in [0.29, 0.717) is 19.5 Å². The Bertz CT molecular complexity index is 1420. The van der Waals surface area contributed by atoms with Gasteiger partial charge in [0.15, 0.2) is 0 Å². The average Bonchev–Trinajstić information content (AvgIpc) is 3.25. The number of para-hydroxylation sites is 2. The molecule has 0 bridgehead atoms. The van der Waals surface area contributed by atoms with Crippen LogP contribution in [0.15, 0.2) is 53.1 Å². The van der Waals surface area contributed by atoms with E-state index in [1.54, 1.807) is 0 Å². The number of hydrogen-bond acceptors (Lipinski definition) is 6. The summed E-state index contributed by atoms with van der Waals surface area (Å²) in [5, 5.41) is 0. The van der Waals surface area contributed by atoms with Crippen molar-refractivity contribution in [3.8, 4) is 0 Å². The van der Waals surface area contributed by atoms with E-state index in [1.807, 2.05) is 36.4 Å². The monoisotopic (exact) mass is 645 g/mol. The minimum Gasteiger partial charge on any atom is 0 e. The van der Waals surface area contributed by atoms with Crippen molar-refractivity contribution in [2.75, 3.05) is 23.0 Å². The number of nitrogens with zero attached hydrogens (tertiary/aromatic N) is 2. The molecule has 0 atom stereocenters. The molecule has 8 nitrogen and oxygen atoms in total. The first-order chi connectivity index (χ1) is 15.6. The molecule has 13 heteroatoms. The molecule has 0 unspecified atom stereocenters. The SMILES string of the molecule is O=S(=O)([O-])CCC[n+]1c(C=C2[Se]c3ccccc3N2CCCS(=O)(=O)O)[se]c2ccccc21.[Na]. The molecule has 3 aromatic rings. The van der Waals surface area contributed by atoms with Gasteiger partial charge in [0.2, 0.25) is 0 Å². The van der Waals surface area contributed by atoms with Crippen molar-refractivity contribution < 1.29 is 30.5 Å². The maximum atomic E-state index is 11.2. The summed E-state index contributed by atoms with van der Waals surface area (Å²) >= 11 is 0.0431. The van der Waals surface area contributed by atoms with E-state index >= 15 is 0 Å². The van der Waals surface area contributed by atoms with Crippen molar-refractivity contribution in [1.82, 2.24) is 0 Å². The summed E-state index contributed by atoms with van der Waals surface area (Å²) in [7, 11) is -8.30. The van der Waals surface area contributed by atoms with Crippen LogP contribution in [0.2, 0.25) is 0 Å². The largest absolute Gasteiger partial charge is 0 e. The van der Waals surface area contributed by atoms with E-state index < -0.39 is 26.0 Å². The van der Waals surface area contributed by atoms with Crippen LogP contribution >= 0.6 is 0 Å². The summed E-state index contributed by atoms with van der Waals surface area (Å²) < 4.78 is 71.5. The zero-order valence-corrected chi connectivity index (χ0v) is 25.5. The third-order valence-electron chi connectivity index (χ3n) is 5.08. The molecule has 177 valence electrons. The molecule has 34 heavy (non-hydrogen) atoms. The minimum absolute atomic E-state index is 0. The van der Waals surface area contributed by atoms with Gasteiger partial charge in [-0.3, -0.25) is 0 Å². The molecule has 1 aromatic heterocycles. The zero-order valence-electron chi connectivity index (χ0n) is 18.5. The molecule has 1 aliphatic rings. The molecule has 0 fully saturated rings. The van der Waals surface area contributed by atoms with E-state index in [0.717, 1.165) is 20.4 Å². The number of aryl methyl sites for hydroxylation is 1. The second-order valence-electron chi connectivity index (χ2n) is 7.52. The zero-order chi connectivity index (χ0) is 23.6. The second-order valence-corrected chi connectivity index (χ2v) is 15.1. The van der Waals surface area contributed by atoms with Crippen molar-refractivity contribution >= 4 is 105 Å². The van der Waals surface area contributed by atoms with Crippen molar-refractivity contribution in [1.29, 1.82) is 0 Å². The van der Waals surface area contributed by atoms with Gasteiger partial charge in [0.25, 0.3) is 0 Å². The predicted molar refractivity (Wildman–Crippen MR) is 134 cm³/mol. The van der Waals surface area contributed by atoms with Crippen molar-refractivity contribution in [2.45, 2.75) is 19.4 Å². The maximum absolute atomic E-state index is 11.2. The summed E-state index contributed by atoms with van der Waals surface area (Å²) in [6.45, 7) is 0.897. The summed E-state index contributed by atoms with van der Waals surface area (Å²) in [5.74, 6) is -0.701. The van der Waals surface area contributed by atoms with Crippen LogP contribution in [-0.2, 0) is 26.8 Å². The van der Waals surface area contributed by atoms with Crippen LogP contribution in [0.5, 0.6) is 0 Å². The van der Waals surface area contributed by atoms with Crippen LogP contribution in [0.25, 0.3) is 15.9 Å². The van der Waals surface area contributed by atoms with E-state index in [1.165, 1.54) is 8.72 Å². The standard InChI is InChI=1S/C21H22N2O6S2Se2.Na/c24-30(25,26)13-5-11-22-16-7-1-3-9-18(16)32-20(22)15-21-23(12-6-14-31(27,28)29)17-8-2-4-10-19(17)33-21;/h1-4,7-10,15H,5-6,11-14H2,(H-,24,25,26,27,28,29);. The number of rotatable bonds is 9. The fourth-order valence-corrected chi connectivity index (χ4v) is 9.77. The first kappa shape index (κ1) is 28.1. The van der Waals surface area contributed by atoms with Gasteiger partial charge in [0.1, 0.15) is 0 Å². The maximum Gasteiger partial charge on any atom is 0 e. The number of aromatic nitrogens is 1. The molecular formula is C21H22N2NaO6S2Se2. The van der Waals surface area contributed by atoms with Crippen LogP contribution < -0.4 is 13.9 Å². The number of hydrogen-bond donors (Lipinski definition) is 1. The van der Waals surface area contributed by atoms with Crippen LogP contribution in [0.1, 0.15) is 17.4 Å². The van der Waals surface area contributed by atoms with Gasteiger partial charge >= 0.3 is 206 Å². The average molecular weight is 643 g/mol. The van der Waals surface area contributed by atoms with Gasteiger partial charge < -0.3 is 0 Å². The molecule has 2 heterocycles. The molecule has 4 rings (SSSR count). The van der Waals surface area contributed by atoms with Crippen molar-refractivity contribution in [3.63, 3.8) is 0 Å². The number of fused-ring (bicyclic) bond motifs is 2. The normalized spacial score (nSPS) is 15.0. The van der Waals surface area contributed by atoms with Gasteiger partial charge in [0.05, 0.1) is 0 Å². The van der Waals surface area contributed by atoms with Gasteiger partial charge in [-0.05, 0) is 0 Å². The minimum atomic E-state index is -4.27. The third kappa shape index (κ3) is 7.27. The Hall–Kier alpha value is -0.491. The molecule has 1 N–H and O–H groups in total. The molecule has 0 saturated heterocycles. The van der Waals surface area contributed by atoms with Crippen molar-refractivity contribution in [3.05, 3.63) is 57.7 Å². The Labute approximate surface area is 233 Å². The molecule has 0 aliphatic carbocycles. The molecule has 0 spiro atoms. The van der Waals surface area contributed by atoms with Gasteiger partial charge in [-0.1, -0.05) is 0 Å². The summed E-state index contributed by atoms with van der Waals surface area (Å²) in [6, 6.07) is 16.0. The summed E-state index contributed by atoms with van der Waals surface area (Å²) in [6.07, 6.45) is 2.68. The summed E-state index contributed by atoms with van der Waals surface area (Å²) in [5.41, 5.74) is 2.08. The Balaban J connectivity index is 0.00000324. The third-order valence-corrected chi connectivity index (χ3v) is 11.3. The Morgan fingerprint density at radius 2 is 1.71 bits per heavy atom. The van der Waals surface area contributed by atoms with Crippen LogP contribution in [0.4, 0.5) is 5.69 Å². The Morgan fingerprint density at radius 3 is 2.44 bits per heavy atom. The first-order valence-corrected chi connectivity index (χ1v) is 16.8. The van der Waals surface area contributed by atoms with Gasteiger partial charge in [0, 0.05) is 29.6 Å².